The predicted octanol–water partition coefficient (Wildman–Crippen LogP) is 3.24. The summed E-state index contributed by atoms with van der Waals surface area (Å²) in [5.41, 5.74) is 18.1. The first-order valence-corrected chi connectivity index (χ1v) is 14.1. The molecule has 8 heteroatoms. The van der Waals surface area contributed by atoms with E-state index in [-0.39, 0.29) is 18.0 Å². The van der Waals surface area contributed by atoms with Gasteiger partial charge in [-0.15, -0.1) is 0 Å². The Kier molecular flexibility index (Phi) is 12.6. The van der Waals surface area contributed by atoms with Gasteiger partial charge in [-0.1, -0.05) is 73.7 Å². The van der Waals surface area contributed by atoms with Crippen LogP contribution < -0.4 is 21.8 Å². The maximum Gasteiger partial charge on any atom is 0.267 e. The molecule has 4 unspecified atom stereocenters. The monoisotopic (exact) mass is 547 g/mol. The van der Waals surface area contributed by atoms with E-state index in [0.717, 1.165) is 30.6 Å². The minimum atomic E-state index is -0.593. The Morgan fingerprint density at radius 2 is 1.95 bits per heavy atom. The summed E-state index contributed by atoms with van der Waals surface area (Å²) in [5, 5.41) is 19.8. The molecule has 0 aromatic heterocycles. The number of carbonyl (C=O) groups is 1. The molecule has 0 saturated carbocycles. The van der Waals surface area contributed by atoms with Crippen LogP contribution in [0.3, 0.4) is 0 Å². The van der Waals surface area contributed by atoms with E-state index in [0.29, 0.717) is 26.1 Å². The Balaban J connectivity index is 1.79. The molecule has 7 N–H and O–H groups in total. The number of rotatable bonds is 13. The molecule has 1 aliphatic heterocycles. The Bertz CT molecular complexity index is 1150. The lowest BCUT2D eigenvalue weighted by molar-refractivity contribution is -0.124. The molecule has 0 aliphatic carbocycles. The van der Waals surface area contributed by atoms with Crippen LogP contribution in [-0.2, 0) is 17.8 Å². The third-order valence-corrected chi connectivity index (χ3v) is 7.58. The molecule has 0 spiro atoms. The zero-order valence-electron chi connectivity index (χ0n) is 23.7. The maximum absolute atomic E-state index is 11.3. The first-order valence-electron chi connectivity index (χ1n) is 14.1. The maximum atomic E-state index is 11.3. The zero-order valence-corrected chi connectivity index (χ0v) is 23.7. The van der Waals surface area contributed by atoms with Gasteiger partial charge in [0.1, 0.15) is 0 Å². The molecule has 0 radical (unpaired) electrons. The molecule has 3 rings (SSSR count). The van der Waals surface area contributed by atoms with E-state index < -0.39 is 12.0 Å². The third kappa shape index (κ3) is 9.43. The highest BCUT2D eigenvalue weighted by Crippen LogP contribution is 2.25. The van der Waals surface area contributed by atoms with Crippen molar-refractivity contribution in [3.8, 4) is 0 Å². The molecule has 216 valence electrons. The molecule has 40 heavy (non-hydrogen) atoms. The van der Waals surface area contributed by atoms with Crippen LogP contribution in [-0.4, -0.2) is 65.5 Å². The van der Waals surface area contributed by atoms with Crippen molar-refractivity contribution in [2.75, 3.05) is 31.1 Å². The molecular weight excluding hydrogens is 502 g/mol. The number of allylic oxidation sites excluding steroid dienone is 3. The van der Waals surface area contributed by atoms with E-state index in [1.54, 1.807) is 11.6 Å². The molecule has 2 aromatic carbocycles. The average Bonchev–Trinajstić information content (AvgIpc) is 3.03. The second-order valence-electron chi connectivity index (χ2n) is 10.5. The Morgan fingerprint density at radius 1 is 1.20 bits per heavy atom. The Labute approximate surface area is 238 Å². The fourth-order valence-corrected chi connectivity index (χ4v) is 4.97. The van der Waals surface area contributed by atoms with Gasteiger partial charge in [0.15, 0.2) is 0 Å². The number of amides is 1. The standard InChI is InChI=1S/C32H45N5O3/c1-24-8-4-3-5-9-28-10-6-7-11-30(28)37(24)21-20-36(23-31(38)25(2)29(34)18-19-33)22-27-14-12-26(13-15-27)16-17-32(39)35-40/h3-8,10-17,24-25,29,31,38,40H,9,18-23,33-34H2,1-2H3,(H,35,39)/b5-3-,8-4-,17-16+. The third-order valence-electron chi connectivity index (χ3n) is 7.58. The molecule has 0 fully saturated rings. The number of carbonyl (C=O) groups excluding carboxylic acids is 1. The second-order valence-corrected chi connectivity index (χ2v) is 10.5. The van der Waals surface area contributed by atoms with Crippen molar-refractivity contribution in [1.82, 2.24) is 10.4 Å². The fraction of sp³-hybridized carbons (Fsp3) is 0.406. The van der Waals surface area contributed by atoms with Crippen LogP contribution in [0.4, 0.5) is 5.69 Å². The van der Waals surface area contributed by atoms with Crippen molar-refractivity contribution in [3.63, 3.8) is 0 Å². The molecular formula is C32H45N5O3. The van der Waals surface area contributed by atoms with Crippen LogP contribution in [0, 0.1) is 5.92 Å². The van der Waals surface area contributed by atoms with Gasteiger partial charge in [-0.3, -0.25) is 14.9 Å². The van der Waals surface area contributed by atoms with Crippen LogP contribution in [0.5, 0.6) is 0 Å². The smallest absolute Gasteiger partial charge is 0.267 e. The largest absolute Gasteiger partial charge is 0.391 e. The van der Waals surface area contributed by atoms with E-state index in [2.05, 4.69) is 65.3 Å². The number of nitrogens with one attached hydrogen (secondary N) is 1. The normalized spacial score (nSPS) is 19.3. The van der Waals surface area contributed by atoms with Crippen molar-refractivity contribution >= 4 is 17.7 Å². The van der Waals surface area contributed by atoms with Gasteiger partial charge < -0.3 is 21.5 Å². The quantitative estimate of drug-likeness (QED) is 0.148. The highest BCUT2D eigenvalue weighted by molar-refractivity contribution is 5.90. The lowest BCUT2D eigenvalue weighted by Gasteiger charge is -2.35. The highest BCUT2D eigenvalue weighted by Gasteiger charge is 2.24. The highest BCUT2D eigenvalue weighted by atomic mass is 16.5. The minimum Gasteiger partial charge on any atom is -0.391 e. The van der Waals surface area contributed by atoms with Gasteiger partial charge in [-0.05, 0) is 61.1 Å². The molecule has 1 amide bonds. The van der Waals surface area contributed by atoms with Crippen molar-refractivity contribution in [1.29, 1.82) is 0 Å². The predicted molar refractivity (Wildman–Crippen MR) is 163 cm³/mol. The number of hydroxylamine groups is 1. The second kappa shape index (κ2) is 16.1. The summed E-state index contributed by atoms with van der Waals surface area (Å²) in [7, 11) is 0. The van der Waals surface area contributed by atoms with Crippen molar-refractivity contribution in [2.45, 2.75) is 51.4 Å². The molecule has 0 bridgehead atoms. The van der Waals surface area contributed by atoms with Crippen LogP contribution in [0.25, 0.3) is 6.08 Å². The van der Waals surface area contributed by atoms with Crippen LogP contribution in [0.15, 0.2) is 78.9 Å². The topological polar surface area (TPSA) is 128 Å². The van der Waals surface area contributed by atoms with E-state index >= 15 is 0 Å². The first kappa shape index (κ1) is 31.3. The number of nitrogens with two attached hydrogens (primary N) is 2. The van der Waals surface area contributed by atoms with Crippen molar-refractivity contribution in [2.24, 2.45) is 17.4 Å². The SMILES string of the molecule is CC(C(N)CCN)C(O)CN(CCN1c2ccccc2C/C=C\C=C/C1C)Cc1ccc(/C=C/C(=O)NO)cc1. The molecule has 2 aromatic rings. The summed E-state index contributed by atoms with van der Waals surface area (Å²) in [6.07, 6.45) is 12.5. The summed E-state index contributed by atoms with van der Waals surface area (Å²) < 4.78 is 0. The molecule has 1 heterocycles. The molecule has 8 nitrogen and oxygen atoms in total. The number of nitrogens with zero attached hydrogens (tertiary/aromatic N) is 2. The summed E-state index contributed by atoms with van der Waals surface area (Å²) in [4.78, 5) is 16.0. The number of aliphatic hydroxyl groups is 1. The van der Waals surface area contributed by atoms with Gasteiger partial charge in [0.05, 0.1) is 6.10 Å². The van der Waals surface area contributed by atoms with Gasteiger partial charge in [0.25, 0.3) is 5.91 Å². The van der Waals surface area contributed by atoms with Gasteiger partial charge in [0, 0.05) is 50.0 Å². The number of anilines is 1. The average molecular weight is 548 g/mol. The van der Waals surface area contributed by atoms with Crippen LogP contribution in [0.1, 0.15) is 37.0 Å². The van der Waals surface area contributed by atoms with Crippen LogP contribution >= 0.6 is 0 Å². The number of para-hydroxylation sites is 1. The summed E-state index contributed by atoms with van der Waals surface area (Å²) in [5.74, 6) is -0.664. The minimum absolute atomic E-state index is 0.0879. The zero-order chi connectivity index (χ0) is 28.9. The van der Waals surface area contributed by atoms with Crippen molar-refractivity contribution in [3.05, 3.63) is 95.6 Å². The lowest BCUT2D eigenvalue weighted by Crippen LogP contribution is -2.46. The Hall–Kier alpha value is -3.27. The number of hydrogen-bond acceptors (Lipinski definition) is 7. The Morgan fingerprint density at radius 3 is 2.67 bits per heavy atom. The van der Waals surface area contributed by atoms with Crippen LogP contribution in [0.2, 0.25) is 0 Å². The van der Waals surface area contributed by atoms with E-state index in [1.807, 2.05) is 31.2 Å². The fourth-order valence-electron chi connectivity index (χ4n) is 4.97. The lowest BCUT2D eigenvalue weighted by atomic mass is 9.93. The van der Waals surface area contributed by atoms with Gasteiger partial charge in [-0.25, -0.2) is 5.48 Å². The first-order chi connectivity index (χ1) is 19.3. The summed E-state index contributed by atoms with van der Waals surface area (Å²) in [6.45, 7) is 7.37. The van der Waals surface area contributed by atoms with Gasteiger partial charge >= 0.3 is 0 Å². The summed E-state index contributed by atoms with van der Waals surface area (Å²) in [6, 6.07) is 16.5. The summed E-state index contributed by atoms with van der Waals surface area (Å²) >= 11 is 0. The molecule has 4 atom stereocenters. The number of benzene rings is 2. The van der Waals surface area contributed by atoms with Gasteiger partial charge in [0.2, 0.25) is 0 Å². The van der Waals surface area contributed by atoms with E-state index in [9.17, 15) is 9.90 Å². The number of aliphatic hydroxyl groups excluding tert-OH is 1. The number of fused-ring (bicyclic) bond motifs is 1. The van der Waals surface area contributed by atoms with E-state index in [4.69, 9.17) is 16.7 Å². The molecule has 1 aliphatic rings. The van der Waals surface area contributed by atoms with Crippen molar-refractivity contribution < 1.29 is 15.1 Å². The van der Waals surface area contributed by atoms with Gasteiger partial charge in [-0.2, -0.15) is 0 Å². The molecule has 0 saturated heterocycles. The van der Waals surface area contributed by atoms with E-state index in [1.165, 1.54) is 17.3 Å². The number of hydrogen-bond donors (Lipinski definition) is 5.